The Hall–Kier alpha value is -2.54. The van der Waals surface area contributed by atoms with Crippen molar-refractivity contribution in [3.05, 3.63) is 52.3 Å². The number of hydrogen-bond acceptors (Lipinski definition) is 2. The molecule has 0 aliphatic carbocycles. The maximum atomic E-state index is 12.0. The normalized spacial score (nSPS) is 10.7. The van der Waals surface area contributed by atoms with Crippen LogP contribution in [0.15, 0.2) is 41.2 Å². The molecule has 1 aromatic carbocycles. The molecule has 3 aromatic rings. The van der Waals surface area contributed by atoms with E-state index in [9.17, 15) is 4.79 Å². The highest BCUT2D eigenvalue weighted by Crippen LogP contribution is 2.14. The fraction of sp³-hybridized carbons (Fsp3) is 0. The van der Waals surface area contributed by atoms with Gasteiger partial charge in [-0.25, -0.2) is 0 Å². The first-order chi connectivity index (χ1) is 7.81. The molecule has 0 fully saturated rings. The van der Waals surface area contributed by atoms with Crippen molar-refractivity contribution in [2.24, 2.45) is 0 Å². The number of benzene rings is 1. The summed E-state index contributed by atoms with van der Waals surface area (Å²) in [6, 6.07) is 12.7. The van der Waals surface area contributed by atoms with Crippen molar-refractivity contribution in [2.75, 3.05) is 0 Å². The highest BCUT2D eigenvalue weighted by Gasteiger charge is 2.07. The van der Waals surface area contributed by atoms with Crippen LogP contribution < -0.4 is 5.56 Å². The second-order valence-electron chi connectivity index (χ2n) is 3.53. The van der Waals surface area contributed by atoms with Crippen LogP contribution in [-0.4, -0.2) is 9.38 Å². The van der Waals surface area contributed by atoms with E-state index in [0.717, 1.165) is 11.0 Å². The van der Waals surface area contributed by atoms with Crippen LogP contribution in [0.2, 0.25) is 0 Å². The Labute approximate surface area is 90.4 Å². The molecule has 2 heterocycles. The number of nitrogens with one attached hydrogen (secondary N) is 1. The number of nitrogens with zero attached hydrogens (tertiary/aromatic N) is 2. The van der Waals surface area contributed by atoms with Crippen molar-refractivity contribution < 1.29 is 0 Å². The maximum Gasteiger partial charge on any atom is 0.274 e. The SMILES string of the molecule is N#Cc1ccc2[nH]c3ccccc3n2c1=O. The zero-order valence-electron chi connectivity index (χ0n) is 8.27. The summed E-state index contributed by atoms with van der Waals surface area (Å²) >= 11 is 0. The molecule has 0 radical (unpaired) electrons. The van der Waals surface area contributed by atoms with Gasteiger partial charge in [-0.1, -0.05) is 12.1 Å². The first-order valence-electron chi connectivity index (χ1n) is 4.84. The second kappa shape index (κ2) is 2.97. The number of H-pyrrole nitrogens is 1. The molecule has 0 saturated heterocycles. The highest BCUT2D eigenvalue weighted by molar-refractivity contribution is 5.80. The third-order valence-electron chi connectivity index (χ3n) is 2.61. The summed E-state index contributed by atoms with van der Waals surface area (Å²) in [5.74, 6) is 0. The van der Waals surface area contributed by atoms with Gasteiger partial charge >= 0.3 is 0 Å². The lowest BCUT2D eigenvalue weighted by Crippen LogP contribution is -2.14. The first-order valence-corrected chi connectivity index (χ1v) is 4.84. The summed E-state index contributed by atoms with van der Waals surface area (Å²) in [5.41, 5.74) is 2.25. The van der Waals surface area contributed by atoms with E-state index in [1.807, 2.05) is 30.3 Å². The monoisotopic (exact) mass is 209 g/mol. The molecule has 0 amide bonds. The van der Waals surface area contributed by atoms with E-state index in [1.165, 1.54) is 10.5 Å². The van der Waals surface area contributed by atoms with Gasteiger partial charge in [0.15, 0.2) is 0 Å². The van der Waals surface area contributed by atoms with Gasteiger partial charge in [0.05, 0.1) is 11.0 Å². The van der Waals surface area contributed by atoms with Crippen molar-refractivity contribution in [1.29, 1.82) is 5.26 Å². The van der Waals surface area contributed by atoms with E-state index in [0.29, 0.717) is 5.65 Å². The molecule has 3 rings (SSSR count). The molecule has 16 heavy (non-hydrogen) atoms. The Kier molecular flexibility index (Phi) is 1.62. The van der Waals surface area contributed by atoms with Gasteiger partial charge in [0.1, 0.15) is 17.3 Å². The summed E-state index contributed by atoms with van der Waals surface area (Å²) < 4.78 is 1.52. The lowest BCUT2D eigenvalue weighted by atomic mass is 10.3. The highest BCUT2D eigenvalue weighted by atomic mass is 16.1. The molecule has 0 atom stereocenters. The lowest BCUT2D eigenvalue weighted by Gasteiger charge is -1.94. The van der Waals surface area contributed by atoms with Gasteiger partial charge in [-0.15, -0.1) is 0 Å². The number of para-hydroxylation sites is 2. The van der Waals surface area contributed by atoms with Crippen molar-refractivity contribution in [1.82, 2.24) is 9.38 Å². The summed E-state index contributed by atoms with van der Waals surface area (Å²) in [6.45, 7) is 0. The van der Waals surface area contributed by atoms with Crippen molar-refractivity contribution in [3.63, 3.8) is 0 Å². The predicted octanol–water partition coefficient (Wildman–Crippen LogP) is 1.65. The molecule has 0 aliphatic rings. The standard InChI is InChI=1S/C12H7N3O/c13-7-8-5-6-11-14-9-3-1-2-4-10(9)15(11)12(8)16/h1-6,14H. The molecular formula is C12H7N3O. The predicted molar refractivity (Wildman–Crippen MR) is 60.2 cm³/mol. The maximum absolute atomic E-state index is 12.0. The largest absolute Gasteiger partial charge is 0.340 e. The molecule has 4 nitrogen and oxygen atoms in total. The van der Waals surface area contributed by atoms with Crippen LogP contribution >= 0.6 is 0 Å². The van der Waals surface area contributed by atoms with Crippen LogP contribution in [0, 0.1) is 11.3 Å². The number of aromatic amines is 1. The Morgan fingerprint density at radius 3 is 2.81 bits per heavy atom. The molecule has 1 N–H and O–H groups in total. The van der Waals surface area contributed by atoms with Crippen LogP contribution in [0.1, 0.15) is 5.56 Å². The number of fused-ring (bicyclic) bond motifs is 3. The minimum Gasteiger partial charge on any atom is -0.340 e. The third-order valence-corrected chi connectivity index (χ3v) is 2.61. The molecule has 4 heteroatoms. The van der Waals surface area contributed by atoms with Gasteiger partial charge in [0.2, 0.25) is 0 Å². The second-order valence-corrected chi connectivity index (χ2v) is 3.53. The fourth-order valence-corrected chi connectivity index (χ4v) is 1.87. The summed E-state index contributed by atoms with van der Waals surface area (Å²) in [7, 11) is 0. The number of pyridine rings is 1. The van der Waals surface area contributed by atoms with E-state index in [-0.39, 0.29) is 11.1 Å². The third kappa shape index (κ3) is 0.997. The first kappa shape index (κ1) is 8.74. The zero-order valence-corrected chi connectivity index (χ0v) is 8.27. The molecule has 2 aromatic heterocycles. The lowest BCUT2D eigenvalue weighted by molar-refractivity contribution is 1.14. The van der Waals surface area contributed by atoms with Gasteiger partial charge in [0, 0.05) is 0 Å². The topological polar surface area (TPSA) is 61.1 Å². The van der Waals surface area contributed by atoms with Crippen LogP contribution in [0.25, 0.3) is 16.7 Å². The van der Waals surface area contributed by atoms with E-state index < -0.39 is 0 Å². The Morgan fingerprint density at radius 2 is 2.00 bits per heavy atom. The van der Waals surface area contributed by atoms with E-state index in [2.05, 4.69) is 4.98 Å². The van der Waals surface area contributed by atoms with Gasteiger partial charge in [-0.2, -0.15) is 5.26 Å². The molecule has 0 unspecified atom stereocenters. The molecule has 0 spiro atoms. The van der Waals surface area contributed by atoms with Crippen LogP contribution in [0.3, 0.4) is 0 Å². The average Bonchev–Trinajstić information content (AvgIpc) is 2.68. The average molecular weight is 209 g/mol. The van der Waals surface area contributed by atoms with Crippen molar-refractivity contribution >= 4 is 16.7 Å². The Morgan fingerprint density at radius 1 is 1.19 bits per heavy atom. The molecular weight excluding hydrogens is 202 g/mol. The van der Waals surface area contributed by atoms with Crippen LogP contribution in [0.4, 0.5) is 0 Å². The summed E-state index contributed by atoms with van der Waals surface area (Å²) in [4.78, 5) is 15.1. The van der Waals surface area contributed by atoms with Crippen LogP contribution in [-0.2, 0) is 0 Å². The van der Waals surface area contributed by atoms with Gasteiger partial charge in [-0.05, 0) is 24.3 Å². The van der Waals surface area contributed by atoms with E-state index >= 15 is 0 Å². The molecule has 0 saturated carbocycles. The Balaban J connectivity index is 2.65. The minimum atomic E-state index is -0.280. The quantitative estimate of drug-likeness (QED) is 0.612. The molecule has 76 valence electrons. The van der Waals surface area contributed by atoms with Crippen molar-refractivity contribution in [2.45, 2.75) is 0 Å². The molecule has 0 bridgehead atoms. The van der Waals surface area contributed by atoms with E-state index in [1.54, 1.807) is 6.07 Å². The Bertz CT molecular complexity index is 789. The van der Waals surface area contributed by atoms with Crippen LogP contribution in [0.5, 0.6) is 0 Å². The number of aromatic nitrogens is 2. The van der Waals surface area contributed by atoms with Crippen molar-refractivity contribution in [3.8, 4) is 6.07 Å². The molecule has 0 aliphatic heterocycles. The van der Waals surface area contributed by atoms with Gasteiger partial charge in [0.25, 0.3) is 5.56 Å². The number of rotatable bonds is 0. The smallest absolute Gasteiger partial charge is 0.274 e. The number of hydrogen-bond donors (Lipinski definition) is 1. The zero-order chi connectivity index (χ0) is 11.1. The minimum absolute atomic E-state index is 0.155. The summed E-state index contributed by atoms with van der Waals surface area (Å²) in [5, 5.41) is 8.81. The van der Waals surface area contributed by atoms with E-state index in [4.69, 9.17) is 5.26 Å². The summed E-state index contributed by atoms with van der Waals surface area (Å²) in [6.07, 6.45) is 0. The van der Waals surface area contributed by atoms with Gasteiger partial charge < -0.3 is 4.98 Å². The number of nitriles is 1. The van der Waals surface area contributed by atoms with Gasteiger partial charge in [-0.3, -0.25) is 9.20 Å². The fourth-order valence-electron chi connectivity index (χ4n) is 1.87. The number of imidazole rings is 1.